The summed E-state index contributed by atoms with van der Waals surface area (Å²) in [5.41, 5.74) is -0.0305. The number of nitrogens with zero attached hydrogens (tertiary/aromatic N) is 2. The zero-order valence-electron chi connectivity index (χ0n) is 17.9. The number of fused-ring (bicyclic) bond motifs is 1. The number of ether oxygens (including phenoxy) is 2. The van der Waals surface area contributed by atoms with Crippen LogP contribution in [0.25, 0.3) is 16.5 Å². The van der Waals surface area contributed by atoms with Crippen LogP contribution in [0.3, 0.4) is 0 Å². The van der Waals surface area contributed by atoms with Crippen molar-refractivity contribution in [2.24, 2.45) is 0 Å². The van der Waals surface area contributed by atoms with Gasteiger partial charge in [0.15, 0.2) is 5.69 Å². The Morgan fingerprint density at radius 3 is 2.68 bits per heavy atom. The monoisotopic (exact) mass is 517 g/mol. The summed E-state index contributed by atoms with van der Waals surface area (Å²) in [6, 6.07) is 11.1. The normalized spacial score (nSPS) is 10.8. The van der Waals surface area contributed by atoms with Crippen molar-refractivity contribution >= 4 is 62.2 Å². The predicted molar refractivity (Wildman–Crippen MR) is 132 cm³/mol. The first-order chi connectivity index (χ1) is 16.3. The van der Waals surface area contributed by atoms with Gasteiger partial charge in [-0.2, -0.15) is 9.78 Å². The van der Waals surface area contributed by atoms with Gasteiger partial charge in [-0.3, -0.25) is 9.59 Å². The van der Waals surface area contributed by atoms with Crippen LogP contribution in [-0.2, 0) is 4.74 Å². The molecule has 0 radical (unpaired) electrons. The van der Waals surface area contributed by atoms with E-state index in [-0.39, 0.29) is 38.7 Å². The van der Waals surface area contributed by atoms with Gasteiger partial charge in [0, 0.05) is 21.9 Å². The summed E-state index contributed by atoms with van der Waals surface area (Å²) < 4.78 is 11.5. The number of amides is 1. The Labute approximate surface area is 207 Å². The van der Waals surface area contributed by atoms with Crippen molar-refractivity contribution in [1.29, 1.82) is 0 Å². The van der Waals surface area contributed by atoms with Gasteiger partial charge in [-0.25, -0.2) is 4.79 Å². The molecule has 0 atom stereocenters. The third kappa shape index (κ3) is 4.50. The van der Waals surface area contributed by atoms with Crippen molar-refractivity contribution in [3.8, 4) is 11.4 Å². The molecule has 8 nitrogen and oxygen atoms in total. The molecule has 1 N–H and O–H groups in total. The molecule has 0 bridgehead atoms. The third-order valence-electron chi connectivity index (χ3n) is 4.82. The number of carbonyl (C=O) groups excluding carboxylic acids is 2. The molecule has 0 saturated carbocycles. The quantitative estimate of drug-likeness (QED) is 0.353. The van der Waals surface area contributed by atoms with Gasteiger partial charge >= 0.3 is 5.97 Å². The van der Waals surface area contributed by atoms with E-state index in [1.165, 1.54) is 25.3 Å². The van der Waals surface area contributed by atoms with Crippen molar-refractivity contribution in [2.45, 2.75) is 6.92 Å². The molecule has 0 aliphatic rings. The van der Waals surface area contributed by atoms with Crippen molar-refractivity contribution in [3.05, 3.63) is 79.5 Å². The minimum atomic E-state index is -0.694. The van der Waals surface area contributed by atoms with Gasteiger partial charge in [0.1, 0.15) is 10.8 Å². The molecular weight excluding hydrogens is 501 g/mol. The van der Waals surface area contributed by atoms with E-state index in [2.05, 4.69) is 10.4 Å². The van der Waals surface area contributed by atoms with Gasteiger partial charge in [-0.1, -0.05) is 29.3 Å². The largest absolute Gasteiger partial charge is 0.497 e. The SMILES string of the molecule is CCOC(=O)c1nn(-c2cccc(OC)c2)c(=O)c2c(NC(=O)c3ccc(Cl)cc3Cl)scc12. The second-order valence-electron chi connectivity index (χ2n) is 6.92. The number of halogens is 2. The molecule has 0 aliphatic heterocycles. The van der Waals surface area contributed by atoms with Crippen molar-refractivity contribution in [3.63, 3.8) is 0 Å². The van der Waals surface area contributed by atoms with Gasteiger partial charge in [-0.05, 0) is 37.3 Å². The number of benzene rings is 2. The number of carbonyl (C=O) groups is 2. The molecule has 2 aromatic carbocycles. The average Bonchev–Trinajstić information content (AvgIpc) is 3.23. The Morgan fingerprint density at radius 2 is 1.97 bits per heavy atom. The summed E-state index contributed by atoms with van der Waals surface area (Å²) in [4.78, 5) is 39.1. The summed E-state index contributed by atoms with van der Waals surface area (Å²) >= 11 is 13.2. The molecular formula is C23H17Cl2N3O5S. The van der Waals surface area contributed by atoms with Crippen LogP contribution in [0.2, 0.25) is 10.0 Å². The molecule has 2 aromatic heterocycles. The van der Waals surface area contributed by atoms with Crippen molar-refractivity contribution < 1.29 is 19.1 Å². The highest BCUT2D eigenvalue weighted by atomic mass is 35.5. The van der Waals surface area contributed by atoms with Gasteiger partial charge in [0.05, 0.1) is 35.4 Å². The number of aromatic nitrogens is 2. The zero-order valence-corrected chi connectivity index (χ0v) is 20.3. The first kappa shape index (κ1) is 23.7. The summed E-state index contributed by atoms with van der Waals surface area (Å²) in [5, 5.41) is 9.73. The standard InChI is InChI=1S/C23H17Cl2N3O5S/c1-3-33-23(31)19-16-11-34-21(26-20(29)15-8-7-12(24)9-17(15)25)18(16)22(30)28(27-19)13-5-4-6-14(10-13)32-2/h4-11H,3H2,1-2H3,(H,26,29). The Balaban J connectivity index is 1.89. The summed E-state index contributed by atoms with van der Waals surface area (Å²) in [5.74, 6) is -0.729. The third-order valence-corrected chi connectivity index (χ3v) is 6.27. The lowest BCUT2D eigenvalue weighted by molar-refractivity contribution is 0.0520. The maximum atomic E-state index is 13.5. The van der Waals surface area contributed by atoms with Crippen LogP contribution in [0.5, 0.6) is 5.75 Å². The van der Waals surface area contributed by atoms with E-state index in [1.807, 2.05) is 0 Å². The molecule has 0 aliphatic carbocycles. The van der Waals surface area contributed by atoms with E-state index in [0.717, 1.165) is 16.0 Å². The Hall–Kier alpha value is -3.40. The highest BCUT2D eigenvalue weighted by Gasteiger charge is 2.24. The van der Waals surface area contributed by atoms with E-state index >= 15 is 0 Å². The maximum absolute atomic E-state index is 13.5. The molecule has 174 valence electrons. The van der Waals surface area contributed by atoms with Crippen LogP contribution < -0.4 is 15.6 Å². The smallest absolute Gasteiger partial charge is 0.359 e. The number of hydrogen-bond acceptors (Lipinski definition) is 7. The van der Waals surface area contributed by atoms with Crippen molar-refractivity contribution in [2.75, 3.05) is 19.0 Å². The summed E-state index contributed by atoms with van der Waals surface area (Å²) in [7, 11) is 1.50. The molecule has 1 amide bonds. The topological polar surface area (TPSA) is 99.5 Å². The van der Waals surface area contributed by atoms with Crippen LogP contribution in [0, 0.1) is 0 Å². The average molecular weight is 518 g/mol. The van der Waals surface area contributed by atoms with Crippen LogP contribution >= 0.6 is 34.5 Å². The second kappa shape index (κ2) is 9.84. The molecule has 0 spiro atoms. The van der Waals surface area contributed by atoms with Crippen LogP contribution in [-0.4, -0.2) is 35.4 Å². The summed E-state index contributed by atoms with van der Waals surface area (Å²) in [6.45, 7) is 1.80. The predicted octanol–water partition coefficient (Wildman–Crippen LogP) is 5.19. The molecule has 4 rings (SSSR count). The second-order valence-corrected chi connectivity index (χ2v) is 8.64. The van der Waals surface area contributed by atoms with Gasteiger partial charge in [0.25, 0.3) is 11.5 Å². The Morgan fingerprint density at radius 1 is 1.18 bits per heavy atom. The zero-order chi connectivity index (χ0) is 24.4. The maximum Gasteiger partial charge on any atom is 0.359 e. The highest BCUT2D eigenvalue weighted by Crippen LogP contribution is 2.32. The molecule has 0 saturated heterocycles. The number of thiophene rings is 1. The first-order valence-electron chi connectivity index (χ1n) is 9.96. The van der Waals surface area contributed by atoms with E-state index in [4.69, 9.17) is 32.7 Å². The number of methoxy groups -OCH3 is 1. The van der Waals surface area contributed by atoms with E-state index in [9.17, 15) is 14.4 Å². The lowest BCUT2D eigenvalue weighted by atomic mass is 10.2. The van der Waals surface area contributed by atoms with Gasteiger partial charge in [0.2, 0.25) is 0 Å². The fourth-order valence-electron chi connectivity index (χ4n) is 3.25. The molecule has 11 heteroatoms. The van der Waals surface area contributed by atoms with Crippen LogP contribution in [0.15, 0.2) is 52.6 Å². The number of rotatable bonds is 6. The van der Waals surface area contributed by atoms with E-state index in [1.54, 1.807) is 36.6 Å². The number of esters is 1. The van der Waals surface area contributed by atoms with E-state index < -0.39 is 17.4 Å². The Bertz CT molecular complexity index is 1480. The number of nitrogens with one attached hydrogen (secondary N) is 1. The lowest BCUT2D eigenvalue weighted by Crippen LogP contribution is -2.25. The van der Waals surface area contributed by atoms with Gasteiger partial charge < -0.3 is 14.8 Å². The van der Waals surface area contributed by atoms with Crippen molar-refractivity contribution in [1.82, 2.24) is 9.78 Å². The molecule has 0 fully saturated rings. The van der Waals surface area contributed by atoms with Gasteiger partial charge in [-0.15, -0.1) is 11.3 Å². The minimum Gasteiger partial charge on any atom is -0.497 e. The number of anilines is 1. The molecule has 2 heterocycles. The molecule has 0 unspecified atom stereocenters. The Kier molecular flexibility index (Phi) is 6.87. The fourth-order valence-corrected chi connectivity index (χ4v) is 4.68. The molecule has 4 aromatic rings. The molecule has 34 heavy (non-hydrogen) atoms. The van der Waals surface area contributed by atoms with Crippen LogP contribution in [0.4, 0.5) is 5.00 Å². The minimum absolute atomic E-state index is 0.0551. The lowest BCUT2D eigenvalue weighted by Gasteiger charge is -2.11. The summed E-state index contributed by atoms with van der Waals surface area (Å²) in [6.07, 6.45) is 0. The van der Waals surface area contributed by atoms with Crippen LogP contribution in [0.1, 0.15) is 27.8 Å². The highest BCUT2D eigenvalue weighted by molar-refractivity contribution is 7.16. The fraction of sp³-hybridized carbons (Fsp3) is 0.130. The first-order valence-corrected chi connectivity index (χ1v) is 11.6. The number of hydrogen-bond donors (Lipinski definition) is 1. The van der Waals surface area contributed by atoms with E-state index in [0.29, 0.717) is 16.5 Å².